The lowest BCUT2D eigenvalue weighted by atomic mass is 10.1. The minimum Gasteiger partial charge on any atom is -0.341 e. The van der Waals surface area contributed by atoms with Crippen LogP contribution in [0.5, 0.6) is 0 Å². The zero-order chi connectivity index (χ0) is 19.4. The average Bonchev–Trinajstić information content (AvgIpc) is 2.68. The van der Waals surface area contributed by atoms with E-state index in [2.05, 4.69) is 23.5 Å². The molecule has 0 fully saturated rings. The number of halogens is 1. The molecule has 0 spiro atoms. The Labute approximate surface area is 157 Å². The normalized spacial score (nSPS) is 11.4. The van der Waals surface area contributed by atoms with Gasteiger partial charge in [-0.05, 0) is 30.7 Å². The van der Waals surface area contributed by atoms with Gasteiger partial charge in [-0.25, -0.2) is 9.37 Å². The molecule has 3 rings (SSSR count). The van der Waals surface area contributed by atoms with Gasteiger partial charge in [-0.1, -0.05) is 44.4 Å². The number of aromatic nitrogens is 2. The van der Waals surface area contributed by atoms with Gasteiger partial charge in [-0.2, -0.15) is 0 Å². The van der Waals surface area contributed by atoms with E-state index in [4.69, 9.17) is 0 Å². The van der Waals surface area contributed by atoms with E-state index in [1.807, 2.05) is 37.3 Å². The molecule has 1 aromatic carbocycles. The topological polar surface area (TPSA) is 46.9 Å². The number of fused-ring (bicyclic) bond motifs is 1. The van der Waals surface area contributed by atoms with Gasteiger partial charge in [0, 0.05) is 23.0 Å². The van der Waals surface area contributed by atoms with Crippen LogP contribution in [0.3, 0.4) is 0 Å². The Morgan fingerprint density at radius 3 is 2.67 bits per heavy atom. The van der Waals surface area contributed by atoms with Gasteiger partial charge in [-0.15, -0.1) is 0 Å². The molecule has 0 aliphatic rings. The number of aryl methyl sites for hydroxylation is 1. The minimum atomic E-state index is -0.472. The summed E-state index contributed by atoms with van der Waals surface area (Å²) in [4.78, 5) is 17.1. The van der Waals surface area contributed by atoms with E-state index in [0.717, 1.165) is 11.9 Å². The van der Waals surface area contributed by atoms with Crippen molar-refractivity contribution >= 4 is 16.9 Å². The number of nitrogens with zero attached hydrogens (tertiary/aromatic N) is 2. The molecule has 0 radical (unpaired) electrons. The smallest absolute Gasteiger partial charge is 0.193 e. The molecule has 0 unspecified atom stereocenters. The molecule has 0 aliphatic carbocycles. The summed E-state index contributed by atoms with van der Waals surface area (Å²) in [6.45, 7) is 9.27. The lowest BCUT2D eigenvalue weighted by Crippen LogP contribution is -2.16. The molecule has 3 aromatic rings. The molecule has 2 aromatic heterocycles. The van der Waals surface area contributed by atoms with E-state index < -0.39 is 5.82 Å². The summed E-state index contributed by atoms with van der Waals surface area (Å²) in [6, 6.07) is 10.9. The summed E-state index contributed by atoms with van der Waals surface area (Å²) in [5.74, 6) is 0.0358. The van der Waals surface area contributed by atoms with Crippen LogP contribution >= 0.6 is 0 Å². The molecule has 0 atom stereocenters. The highest BCUT2D eigenvalue weighted by molar-refractivity contribution is 5.83. The van der Waals surface area contributed by atoms with Crippen molar-refractivity contribution in [2.24, 2.45) is 0 Å². The number of nitrogens with one attached hydrogen (secondary N) is 1. The van der Waals surface area contributed by atoms with Crippen LogP contribution < -0.4 is 10.7 Å². The number of rotatable bonds is 6. The molecule has 2 heterocycles. The predicted octanol–water partition coefficient (Wildman–Crippen LogP) is 4.76. The van der Waals surface area contributed by atoms with Crippen molar-refractivity contribution in [2.45, 2.75) is 13.3 Å². The van der Waals surface area contributed by atoms with Crippen molar-refractivity contribution in [1.82, 2.24) is 9.55 Å². The second-order valence-electron chi connectivity index (χ2n) is 5.89. The monoisotopic (exact) mass is 361 g/mol. The van der Waals surface area contributed by atoms with Crippen molar-refractivity contribution in [3.8, 4) is 5.69 Å². The van der Waals surface area contributed by atoms with Gasteiger partial charge < -0.3 is 5.32 Å². The standard InChI is InChI=1S/C22H20FN3O/c1-4-10-15(5-2)25-20-13-19(27)21-17(6-3)18(23)14-24-22(21)26(20)16-11-8-7-9-12-16/h4-5,7-14,25H,1-2,6H2,3H3/b15-10+. The maximum absolute atomic E-state index is 14.2. The van der Waals surface area contributed by atoms with Crippen molar-refractivity contribution in [1.29, 1.82) is 0 Å². The molecular formula is C22H20FN3O. The molecular weight excluding hydrogens is 341 g/mol. The molecule has 4 nitrogen and oxygen atoms in total. The highest BCUT2D eigenvalue weighted by Gasteiger charge is 2.17. The number of benzene rings is 1. The summed E-state index contributed by atoms with van der Waals surface area (Å²) in [6.07, 6.45) is 6.56. The Morgan fingerprint density at radius 1 is 1.30 bits per heavy atom. The Hall–Kier alpha value is -3.47. The van der Waals surface area contributed by atoms with Crippen LogP contribution in [0.15, 0.2) is 84.5 Å². The van der Waals surface area contributed by atoms with Gasteiger partial charge >= 0.3 is 0 Å². The Morgan fingerprint density at radius 2 is 2.04 bits per heavy atom. The maximum Gasteiger partial charge on any atom is 0.193 e. The summed E-state index contributed by atoms with van der Waals surface area (Å²) in [5, 5.41) is 3.47. The first-order valence-electron chi connectivity index (χ1n) is 8.61. The number of hydrogen-bond donors (Lipinski definition) is 1. The van der Waals surface area contributed by atoms with Crippen LogP contribution in [-0.4, -0.2) is 9.55 Å². The third-order valence-electron chi connectivity index (χ3n) is 4.24. The van der Waals surface area contributed by atoms with Crippen molar-refractivity contribution < 1.29 is 4.39 Å². The van der Waals surface area contributed by atoms with Gasteiger partial charge in [-0.3, -0.25) is 9.36 Å². The highest BCUT2D eigenvalue weighted by atomic mass is 19.1. The number of pyridine rings is 2. The predicted molar refractivity (Wildman–Crippen MR) is 109 cm³/mol. The highest BCUT2D eigenvalue weighted by Crippen LogP contribution is 2.25. The first-order chi connectivity index (χ1) is 13.1. The number of allylic oxidation sites excluding steroid dienone is 3. The average molecular weight is 361 g/mol. The molecule has 0 bridgehead atoms. The molecule has 0 saturated heterocycles. The van der Waals surface area contributed by atoms with Gasteiger partial charge in [0.25, 0.3) is 0 Å². The largest absolute Gasteiger partial charge is 0.341 e. The van der Waals surface area contributed by atoms with E-state index >= 15 is 0 Å². The summed E-state index contributed by atoms with van der Waals surface area (Å²) in [7, 11) is 0. The summed E-state index contributed by atoms with van der Waals surface area (Å²) >= 11 is 0. The molecule has 5 heteroatoms. The number of hydrogen-bond acceptors (Lipinski definition) is 3. The lowest BCUT2D eigenvalue weighted by molar-refractivity contribution is 0.609. The van der Waals surface area contributed by atoms with Gasteiger partial charge in [0.05, 0.1) is 11.6 Å². The van der Waals surface area contributed by atoms with Crippen LogP contribution in [0.25, 0.3) is 16.7 Å². The van der Waals surface area contributed by atoms with E-state index in [-0.39, 0.29) is 5.43 Å². The second-order valence-corrected chi connectivity index (χ2v) is 5.89. The number of anilines is 1. The van der Waals surface area contributed by atoms with Crippen LogP contribution in [-0.2, 0) is 6.42 Å². The van der Waals surface area contributed by atoms with Crippen molar-refractivity contribution in [2.75, 3.05) is 5.32 Å². The van der Waals surface area contributed by atoms with Crippen LogP contribution in [0.2, 0.25) is 0 Å². The van der Waals surface area contributed by atoms with E-state index in [1.165, 1.54) is 6.07 Å². The van der Waals surface area contributed by atoms with Crippen LogP contribution in [0, 0.1) is 5.82 Å². The van der Waals surface area contributed by atoms with Gasteiger partial charge in [0.1, 0.15) is 17.3 Å². The molecule has 0 aliphatic heterocycles. The van der Waals surface area contributed by atoms with E-state index in [0.29, 0.717) is 34.5 Å². The van der Waals surface area contributed by atoms with Crippen molar-refractivity contribution in [3.63, 3.8) is 0 Å². The fraction of sp³-hybridized carbons (Fsp3) is 0.0909. The Balaban J connectivity index is 2.41. The van der Waals surface area contributed by atoms with Gasteiger partial charge in [0.15, 0.2) is 5.43 Å². The second kappa shape index (κ2) is 7.83. The first-order valence-corrected chi connectivity index (χ1v) is 8.61. The quantitative estimate of drug-likeness (QED) is 0.644. The Kier molecular flexibility index (Phi) is 5.31. The fourth-order valence-electron chi connectivity index (χ4n) is 3.03. The minimum absolute atomic E-state index is 0.287. The van der Waals surface area contributed by atoms with Crippen molar-refractivity contribution in [3.05, 3.63) is 101 Å². The SMILES string of the molecule is C=C/C=C(\C=C)Nc1cc(=O)c2c(CC)c(F)cnc2n1-c1ccccc1. The summed E-state index contributed by atoms with van der Waals surface area (Å²) < 4.78 is 16.0. The summed E-state index contributed by atoms with van der Waals surface area (Å²) in [5.41, 5.74) is 1.95. The third-order valence-corrected chi connectivity index (χ3v) is 4.24. The lowest BCUT2D eigenvalue weighted by Gasteiger charge is -2.19. The van der Waals surface area contributed by atoms with Gasteiger partial charge in [0.2, 0.25) is 0 Å². The third kappa shape index (κ3) is 3.44. The maximum atomic E-state index is 14.2. The fourth-order valence-corrected chi connectivity index (χ4v) is 3.03. The molecule has 136 valence electrons. The number of para-hydroxylation sites is 1. The molecule has 27 heavy (non-hydrogen) atoms. The zero-order valence-corrected chi connectivity index (χ0v) is 15.1. The van der Waals surface area contributed by atoms with Crippen LogP contribution in [0.4, 0.5) is 10.2 Å². The van der Waals surface area contributed by atoms with E-state index in [1.54, 1.807) is 22.8 Å². The Bertz CT molecular complexity index is 1100. The van der Waals surface area contributed by atoms with Crippen LogP contribution in [0.1, 0.15) is 12.5 Å². The van der Waals surface area contributed by atoms with E-state index in [9.17, 15) is 9.18 Å². The molecule has 0 amide bonds. The zero-order valence-electron chi connectivity index (χ0n) is 15.1. The molecule has 1 N–H and O–H groups in total. The molecule has 0 saturated carbocycles. The first kappa shape index (κ1) is 18.3.